The highest BCUT2D eigenvalue weighted by atomic mass is 16.2. The van der Waals surface area contributed by atoms with E-state index in [9.17, 15) is 4.79 Å². The third kappa shape index (κ3) is 3.27. The summed E-state index contributed by atoms with van der Waals surface area (Å²) in [5.41, 5.74) is 0. The SMILES string of the molecule is O=C(NC1CCCC1)N1Cc2nccn2CC(Cn2cncn2)C1. The van der Waals surface area contributed by atoms with E-state index in [1.165, 1.54) is 12.8 Å². The highest BCUT2D eigenvalue weighted by Crippen LogP contribution is 2.20. The van der Waals surface area contributed by atoms with Crippen LogP contribution < -0.4 is 5.32 Å². The highest BCUT2D eigenvalue weighted by molar-refractivity contribution is 5.74. The molecule has 0 spiro atoms. The monoisotopic (exact) mass is 329 g/mol. The molecule has 2 aromatic rings. The molecule has 2 aromatic heterocycles. The number of rotatable bonds is 3. The Bertz CT molecular complexity index is 674. The molecule has 0 aromatic carbocycles. The molecule has 1 fully saturated rings. The van der Waals surface area contributed by atoms with Crippen LogP contribution in [-0.4, -0.2) is 47.8 Å². The largest absolute Gasteiger partial charge is 0.335 e. The topological polar surface area (TPSA) is 80.9 Å². The maximum atomic E-state index is 12.7. The number of imidazole rings is 1. The lowest BCUT2D eigenvalue weighted by molar-refractivity contribution is 0.178. The van der Waals surface area contributed by atoms with Gasteiger partial charge in [-0.3, -0.25) is 4.68 Å². The van der Waals surface area contributed by atoms with E-state index in [1.54, 1.807) is 18.9 Å². The van der Waals surface area contributed by atoms with E-state index in [0.717, 1.165) is 31.8 Å². The normalized spacial score (nSPS) is 21.5. The fraction of sp³-hybridized carbons (Fsp3) is 0.625. The first-order valence-corrected chi connectivity index (χ1v) is 8.66. The van der Waals surface area contributed by atoms with Crippen LogP contribution in [0.2, 0.25) is 0 Å². The summed E-state index contributed by atoms with van der Waals surface area (Å²) >= 11 is 0. The number of urea groups is 1. The summed E-state index contributed by atoms with van der Waals surface area (Å²) in [6.45, 7) is 2.83. The number of hydrogen-bond donors (Lipinski definition) is 1. The van der Waals surface area contributed by atoms with Crippen LogP contribution in [0.15, 0.2) is 25.0 Å². The molecular formula is C16H23N7O. The Morgan fingerprint density at radius 1 is 1.29 bits per heavy atom. The van der Waals surface area contributed by atoms with Crippen LogP contribution in [0.5, 0.6) is 0 Å². The molecule has 2 aliphatic rings. The number of nitrogens with zero attached hydrogens (tertiary/aromatic N) is 6. The van der Waals surface area contributed by atoms with Crippen molar-refractivity contribution < 1.29 is 4.79 Å². The van der Waals surface area contributed by atoms with Crippen molar-refractivity contribution in [3.63, 3.8) is 0 Å². The minimum absolute atomic E-state index is 0.0296. The van der Waals surface area contributed by atoms with Crippen molar-refractivity contribution in [3.05, 3.63) is 30.9 Å². The highest BCUT2D eigenvalue weighted by Gasteiger charge is 2.28. The lowest BCUT2D eigenvalue weighted by Crippen LogP contribution is -2.45. The predicted octanol–water partition coefficient (Wildman–Crippen LogP) is 1.26. The van der Waals surface area contributed by atoms with Gasteiger partial charge < -0.3 is 14.8 Å². The summed E-state index contributed by atoms with van der Waals surface area (Å²) in [6.07, 6.45) is 11.7. The van der Waals surface area contributed by atoms with Crippen molar-refractivity contribution in [1.29, 1.82) is 0 Å². The van der Waals surface area contributed by atoms with Crippen LogP contribution in [0.3, 0.4) is 0 Å². The van der Waals surface area contributed by atoms with Crippen LogP contribution in [0.25, 0.3) is 0 Å². The summed E-state index contributed by atoms with van der Waals surface area (Å²) in [5.74, 6) is 1.22. The molecule has 1 aliphatic heterocycles. The third-order valence-electron chi connectivity index (χ3n) is 4.95. The Morgan fingerprint density at radius 3 is 2.96 bits per heavy atom. The van der Waals surface area contributed by atoms with E-state index in [4.69, 9.17) is 0 Å². The van der Waals surface area contributed by atoms with Gasteiger partial charge in [-0.15, -0.1) is 0 Å². The van der Waals surface area contributed by atoms with Crippen molar-refractivity contribution in [2.45, 2.75) is 51.4 Å². The van der Waals surface area contributed by atoms with Crippen molar-refractivity contribution in [2.24, 2.45) is 5.92 Å². The second kappa shape index (κ2) is 6.62. The lowest BCUT2D eigenvalue weighted by atomic mass is 10.1. The molecule has 128 valence electrons. The summed E-state index contributed by atoms with van der Waals surface area (Å²) in [5, 5.41) is 7.39. The molecule has 4 rings (SSSR count). The maximum Gasteiger partial charge on any atom is 0.318 e. The number of fused-ring (bicyclic) bond motifs is 1. The number of hydrogen-bond acceptors (Lipinski definition) is 4. The fourth-order valence-corrected chi connectivity index (χ4v) is 3.74. The van der Waals surface area contributed by atoms with Crippen LogP contribution >= 0.6 is 0 Å². The van der Waals surface area contributed by atoms with Crippen LogP contribution in [-0.2, 0) is 19.6 Å². The number of carbonyl (C=O) groups excluding carboxylic acids is 1. The zero-order chi connectivity index (χ0) is 16.4. The summed E-state index contributed by atoms with van der Waals surface area (Å²) in [4.78, 5) is 23.1. The van der Waals surface area contributed by atoms with Gasteiger partial charge in [0.25, 0.3) is 0 Å². The maximum absolute atomic E-state index is 12.7. The number of nitrogens with one attached hydrogen (secondary N) is 1. The first-order valence-electron chi connectivity index (χ1n) is 8.66. The van der Waals surface area contributed by atoms with Crippen LogP contribution in [0.4, 0.5) is 4.79 Å². The van der Waals surface area contributed by atoms with Gasteiger partial charge in [0.2, 0.25) is 0 Å². The minimum atomic E-state index is 0.0296. The van der Waals surface area contributed by atoms with Gasteiger partial charge in [-0.05, 0) is 12.8 Å². The number of amides is 2. The molecular weight excluding hydrogens is 306 g/mol. The van der Waals surface area contributed by atoms with Crippen molar-refractivity contribution in [3.8, 4) is 0 Å². The summed E-state index contributed by atoms with van der Waals surface area (Å²) < 4.78 is 3.98. The second-order valence-corrected chi connectivity index (χ2v) is 6.79. The Balaban J connectivity index is 1.49. The predicted molar refractivity (Wildman–Crippen MR) is 86.9 cm³/mol. The first-order chi connectivity index (χ1) is 11.8. The van der Waals surface area contributed by atoms with Crippen molar-refractivity contribution in [2.75, 3.05) is 6.54 Å². The Morgan fingerprint density at radius 2 is 2.17 bits per heavy atom. The van der Waals surface area contributed by atoms with E-state index in [2.05, 4.69) is 25.0 Å². The van der Waals surface area contributed by atoms with E-state index >= 15 is 0 Å². The van der Waals surface area contributed by atoms with Crippen LogP contribution in [0.1, 0.15) is 31.5 Å². The molecule has 1 aliphatic carbocycles. The minimum Gasteiger partial charge on any atom is -0.335 e. The van der Waals surface area contributed by atoms with E-state index in [1.807, 2.05) is 15.8 Å². The van der Waals surface area contributed by atoms with Gasteiger partial charge in [0.05, 0.1) is 6.54 Å². The third-order valence-corrected chi connectivity index (χ3v) is 4.95. The molecule has 3 heterocycles. The zero-order valence-electron chi connectivity index (χ0n) is 13.7. The average molecular weight is 329 g/mol. The Kier molecular flexibility index (Phi) is 4.18. The standard InChI is InChI=1S/C16H23N7O/c24-16(20-14-3-1-2-4-14)22-8-13(9-23-12-17-11-19-23)7-21-6-5-18-15(21)10-22/h5-6,11-14H,1-4,7-10H2,(H,20,24). The average Bonchev–Trinajstić information content (AvgIpc) is 3.30. The smallest absolute Gasteiger partial charge is 0.318 e. The molecule has 1 atom stereocenters. The molecule has 0 saturated heterocycles. The number of aromatic nitrogens is 5. The molecule has 1 unspecified atom stereocenters. The van der Waals surface area contributed by atoms with Gasteiger partial charge in [0, 0.05) is 44.0 Å². The van der Waals surface area contributed by atoms with Gasteiger partial charge in [0.1, 0.15) is 18.5 Å². The quantitative estimate of drug-likeness (QED) is 0.919. The Hall–Kier alpha value is -2.38. The Labute approximate surface area is 140 Å². The molecule has 1 saturated carbocycles. The molecule has 0 bridgehead atoms. The van der Waals surface area contributed by atoms with E-state index in [0.29, 0.717) is 19.1 Å². The van der Waals surface area contributed by atoms with E-state index in [-0.39, 0.29) is 11.9 Å². The molecule has 8 nitrogen and oxygen atoms in total. The van der Waals surface area contributed by atoms with E-state index < -0.39 is 0 Å². The number of carbonyl (C=O) groups is 1. The van der Waals surface area contributed by atoms with Crippen molar-refractivity contribution in [1.82, 2.24) is 34.5 Å². The first kappa shape index (κ1) is 15.2. The molecule has 1 N–H and O–H groups in total. The molecule has 0 radical (unpaired) electrons. The summed E-state index contributed by atoms with van der Waals surface area (Å²) in [6, 6.07) is 0.358. The van der Waals surface area contributed by atoms with Gasteiger partial charge >= 0.3 is 6.03 Å². The zero-order valence-corrected chi connectivity index (χ0v) is 13.7. The van der Waals surface area contributed by atoms with Gasteiger partial charge in [0.15, 0.2) is 0 Å². The fourth-order valence-electron chi connectivity index (χ4n) is 3.74. The second-order valence-electron chi connectivity index (χ2n) is 6.79. The van der Waals surface area contributed by atoms with Gasteiger partial charge in [-0.1, -0.05) is 12.8 Å². The van der Waals surface area contributed by atoms with Crippen molar-refractivity contribution >= 4 is 6.03 Å². The molecule has 2 amide bonds. The molecule has 24 heavy (non-hydrogen) atoms. The molecule has 8 heteroatoms. The van der Waals surface area contributed by atoms with Gasteiger partial charge in [-0.2, -0.15) is 5.10 Å². The van der Waals surface area contributed by atoms with Gasteiger partial charge in [-0.25, -0.2) is 14.8 Å². The lowest BCUT2D eigenvalue weighted by Gasteiger charge is -2.26. The summed E-state index contributed by atoms with van der Waals surface area (Å²) in [7, 11) is 0. The van der Waals surface area contributed by atoms with Crippen LogP contribution in [0, 0.1) is 5.92 Å².